The average molecular weight is 288 g/mol. The van der Waals surface area contributed by atoms with Crippen LogP contribution in [0, 0.1) is 0 Å². The summed E-state index contributed by atoms with van der Waals surface area (Å²) in [6.07, 6.45) is 0. The summed E-state index contributed by atoms with van der Waals surface area (Å²) in [5, 5.41) is 2.86. The number of likely N-dealkylation sites (N-methyl/N-ethyl adjacent to an activating group) is 1. The van der Waals surface area contributed by atoms with E-state index < -0.39 is 6.04 Å². The highest BCUT2D eigenvalue weighted by molar-refractivity contribution is 5.97. The molecule has 0 aliphatic carbocycles. The van der Waals surface area contributed by atoms with Crippen molar-refractivity contribution in [2.75, 3.05) is 20.3 Å². The van der Waals surface area contributed by atoms with Crippen molar-refractivity contribution < 1.29 is 19.1 Å². The summed E-state index contributed by atoms with van der Waals surface area (Å²) in [6.45, 7) is 2.51. The maximum atomic E-state index is 12.2. The van der Waals surface area contributed by atoms with Crippen molar-refractivity contribution in [2.45, 2.75) is 13.0 Å². The van der Waals surface area contributed by atoms with Crippen LogP contribution in [0.5, 0.6) is 5.75 Å². The number of ether oxygens (including phenoxy) is 2. The molecule has 0 fully saturated rings. The lowest BCUT2D eigenvalue weighted by atomic mass is 9.96. The molecule has 110 valence electrons. The van der Waals surface area contributed by atoms with Gasteiger partial charge in [0.25, 0.3) is 0 Å². The molecule has 0 saturated carbocycles. The number of methoxy groups -OCH3 is 1. The molecular weight excluding hydrogens is 272 g/mol. The van der Waals surface area contributed by atoms with Crippen molar-refractivity contribution in [1.29, 1.82) is 0 Å². The van der Waals surface area contributed by atoms with Crippen LogP contribution in [0.4, 0.5) is 4.79 Å². The van der Waals surface area contributed by atoms with Gasteiger partial charge in [-0.05, 0) is 24.6 Å². The fraction of sp³-hybridized carbons (Fsp3) is 0.333. The molecule has 2 heterocycles. The van der Waals surface area contributed by atoms with Gasteiger partial charge >= 0.3 is 12.0 Å². The minimum atomic E-state index is -0.476. The standard InChI is InChI=1S/C15H16N2O4/c1-3-17-11-8-21-14(18)12(11)13(16-15(17)19)9-4-6-10(20-2)7-5-9/h4-7,13H,3,8H2,1-2H3,(H,16,19)/t13-/m1/s1. The van der Waals surface area contributed by atoms with E-state index in [2.05, 4.69) is 5.32 Å². The van der Waals surface area contributed by atoms with Gasteiger partial charge in [0.05, 0.1) is 24.4 Å². The van der Waals surface area contributed by atoms with E-state index in [-0.39, 0.29) is 18.6 Å². The molecule has 2 aliphatic heterocycles. The van der Waals surface area contributed by atoms with Crippen LogP contribution >= 0.6 is 0 Å². The summed E-state index contributed by atoms with van der Waals surface area (Å²) >= 11 is 0. The zero-order valence-corrected chi connectivity index (χ0v) is 11.9. The zero-order chi connectivity index (χ0) is 15.0. The molecular formula is C15H16N2O4. The second kappa shape index (κ2) is 5.12. The fourth-order valence-electron chi connectivity index (χ4n) is 2.69. The quantitative estimate of drug-likeness (QED) is 0.858. The molecule has 6 heteroatoms. The second-order valence-electron chi connectivity index (χ2n) is 4.84. The number of benzene rings is 1. The van der Waals surface area contributed by atoms with Gasteiger partial charge < -0.3 is 14.8 Å². The number of esters is 1. The van der Waals surface area contributed by atoms with E-state index in [9.17, 15) is 9.59 Å². The Hall–Kier alpha value is -2.50. The van der Waals surface area contributed by atoms with Crippen LogP contribution in [0.2, 0.25) is 0 Å². The Labute approximate surface area is 122 Å². The van der Waals surface area contributed by atoms with Gasteiger partial charge in [0.2, 0.25) is 0 Å². The van der Waals surface area contributed by atoms with Gasteiger partial charge in [-0.15, -0.1) is 0 Å². The predicted molar refractivity (Wildman–Crippen MR) is 74.6 cm³/mol. The summed E-state index contributed by atoms with van der Waals surface area (Å²) in [4.78, 5) is 25.7. The maximum absolute atomic E-state index is 12.2. The highest BCUT2D eigenvalue weighted by atomic mass is 16.5. The number of carbonyl (C=O) groups is 2. The SMILES string of the molecule is CCN1C(=O)N[C@H](c2ccc(OC)cc2)C2=C1COC2=O. The maximum Gasteiger partial charge on any atom is 0.338 e. The molecule has 0 aromatic heterocycles. The molecule has 21 heavy (non-hydrogen) atoms. The van der Waals surface area contributed by atoms with E-state index >= 15 is 0 Å². The first-order valence-electron chi connectivity index (χ1n) is 6.77. The monoisotopic (exact) mass is 288 g/mol. The first kappa shape index (κ1) is 13.5. The lowest BCUT2D eigenvalue weighted by Gasteiger charge is -2.32. The Kier molecular flexibility index (Phi) is 3.29. The molecule has 3 rings (SSSR count). The molecule has 0 saturated heterocycles. The topological polar surface area (TPSA) is 67.9 Å². The number of urea groups is 1. The number of carbonyl (C=O) groups excluding carboxylic acids is 2. The number of nitrogens with one attached hydrogen (secondary N) is 1. The summed E-state index contributed by atoms with van der Waals surface area (Å²) < 4.78 is 10.2. The van der Waals surface area contributed by atoms with Crippen LogP contribution in [0.15, 0.2) is 35.5 Å². The van der Waals surface area contributed by atoms with Crippen LogP contribution < -0.4 is 10.1 Å². The van der Waals surface area contributed by atoms with Gasteiger partial charge in [0.1, 0.15) is 12.4 Å². The molecule has 2 amide bonds. The Morgan fingerprint density at radius 1 is 1.33 bits per heavy atom. The third kappa shape index (κ3) is 2.12. The van der Waals surface area contributed by atoms with Crippen LogP contribution in [0.1, 0.15) is 18.5 Å². The zero-order valence-electron chi connectivity index (χ0n) is 11.9. The van der Waals surface area contributed by atoms with E-state index in [0.717, 1.165) is 11.3 Å². The van der Waals surface area contributed by atoms with E-state index in [4.69, 9.17) is 9.47 Å². The first-order chi connectivity index (χ1) is 10.2. The number of nitrogens with zero attached hydrogens (tertiary/aromatic N) is 1. The summed E-state index contributed by atoms with van der Waals surface area (Å²) in [7, 11) is 1.59. The molecule has 1 N–H and O–H groups in total. The number of hydrogen-bond donors (Lipinski definition) is 1. The van der Waals surface area contributed by atoms with E-state index in [1.54, 1.807) is 24.1 Å². The van der Waals surface area contributed by atoms with Crippen LogP contribution in [-0.4, -0.2) is 37.2 Å². The van der Waals surface area contributed by atoms with Crippen molar-refractivity contribution in [1.82, 2.24) is 10.2 Å². The predicted octanol–water partition coefficient (Wildman–Crippen LogP) is 1.59. The van der Waals surface area contributed by atoms with Crippen molar-refractivity contribution in [3.05, 3.63) is 41.1 Å². The average Bonchev–Trinajstić information content (AvgIpc) is 2.89. The van der Waals surface area contributed by atoms with Gasteiger partial charge in [-0.1, -0.05) is 12.1 Å². The Morgan fingerprint density at radius 2 is 2.05 bits per heavy atom. The van der Waals surface area contributed by atoms with Crippen molar-refractivity contribution in [3.63, 3.8) is 0 Å². The third-order valence-electron chi connectivity index (χ3n) is 3.76. The number of amides is 2. The first-order valence-corrected chi connectivity index (χ1v) is 6.77. The summed E-state index contributed by atoms with van der Waals surface area (Å²) in [5.41, 5.74) is 2.00. The Morgan fingerprint density at radius 3 is 2.67 bits per heavy atom. The molecule has 1 atom stereocenters. The molecule has 0 radical (unpaired) electrons. The van der Waals surface area contributed by atoms with Crippen molar-refractivity contribution in [2.24, 2.45) is 0 Å². The molecule has 1 aromatic carbocycles. The minimum absolute atomic E-state index is 0.155. The van der Waals surface area contributed by atoms with E-state index in [1.807, 2.05) is 19.1 Å². The number of cyclic esters (lactones) is 1. The van der Waals surface area contributed by atoms with Gasteiger partial charge in [0.15, 0.2) is 0 Å². The highest BCUT2D eigenvalue weighted by Gasteiger charge is 2.41. The minimum Gasteiger partial charge on any atom is -0.497 e. The molecule has 0 spiro atoms. The van der Waals surface area contributed by atoms with Crippen LogP contribution in [0.25, 0.3) is 0 Å². The highest BCUT2D eigenvalue weighted by Crippen LogP contribution is 2.35. The van der Waals surface area contributed by atoms with Crippen molar-refractivity contribution in [3.8, 4) is 5.75 Å². The number of rotatable bonds is 3. The largest absolute Gasteiger partial charge is 0.497 e. The van der Waals surface area contributed by atoms with Crippen LogP contribution in [-0.2, 0) is 9.53 Å². The van der Waals surface area contributed by atoms with Crippen molar-refractivity contribution >= 4 is 12.0 Å². The molecule has 0 bridgehead atoms. The van der Waals surface area contributed by atoms with Gasteiger partial charge in [0, 0.05) is 6.54 Å². The molecule has 6 nitrogen and oxygen atoms in total. The molecule has 0 unspecified atom stereocenters. The fourth-order valence-corrected chi connectivity index (χ4v) is 2.69. The van der Waals surface area contributed by atoms with Gasteiger partial charge in [-0.25, -0.2) is 9.59 Å². The van der Waals surface area contributed by atoms with E-state index in [1.165, 1.54) is 0 Å². The normalized spacial score (nSPS) is 21.0. The summed E-state index contributed by atoms with van der Waals surface area (Å²) in [6, 6.07) is 6.58. The number of hydrogen-bond acceptors (Lipinski definition) is 4. The van der Waals surface area contributed by atoms with Crippen LogP contribution in [0.3, 0.4) is 0 Å². The smallest absolute Gasteiger partial charge is 0.338 e. The molecule has 2 aliphatic rings. The third-order valence-corrected chi connectivity index (χ3v) is 3.76. The molecule has 1 aromatic rings. The lowest BCUT2D eigenvalue weighted by molar-refractivity contribution is -0.136. The second-order valence-corrected chi connectivity index (χ2v) is 4.84. The Bertz CT molecular complexity index is 621. The van der Waals surface area contributed by atoms with E-state index in [0.29, 0.717) is 17.8 Å². The Balaban J connectivity index is 2.03. The van der Waals surface area contributed by atoms with Gasteiger partial charge in [-0.2, -0.15) is 0 Å². The summed E-state index contributed by atoms with van der Waals surface area (Å²) in [5.74, 6) is 0.351. The van der Waals surface area contributed by atoms with Gasteiger partial charge in [-0.3, -0.25) is 4.90 Å². The lowest BCUT2D eigenvalue weighted by Crippen LogP contribution is -2.47.